The molecule has 0 aliphatic carbocycles. The molecule has 6 nitrogen and oxygen atoms in total. The van der Waals surface area contributed by atoms with E-state index in [1.807, 2.05) is 6.07 Å². The van der Waals surface area contributed by atoms with Crippen LogP contribution in [0.25, 0.3) is 176 Å². The lowest BCUT2D eigenvalue weighted by Crippen LogP contribution is -2.07. The molecule has 0 saturated heterocycles. The molecule has 0 N–H and O–H groups in total. The number of hydrogen-bond acceptors (Lipinski definition) is 0. The predicted molar refractivity (Wildman–Crippen MR) is 383 cm³/mol. The van der Waals surface area contributed by atoms with Gasteiger partial charge in [0, 0.05) is 92.9 Å². The smallest absolute Gasteiger partial charge is 0.134 e. The first-order chi connectivity index (χ1) is 45.9. The van der Waals surface area contributed by atoms with Crippen LogP contribution in [0, 0.1) is 18.6 Å². The van der Waals surface area contributed by atoms with Crippen molar-refractivity contribution in [1.82, 2.24) is 27.4 Å². The number of fused-ring (bicyclic) bond motifs is 18. The topological polar surface area (TPSA) is 29.6 Å². The zero-order valence-corrected chi connectivity index (χ0v) is 50.2. The van der Waals surface area contributed by atoms with E-state index in [4.69, 9.17) is 0 Å². The summed E-state index contributed by atoms with van der Waals surface area (Å²) in [6, 6.07) is 104. The Balaban J connectivity index is 0.937. The van der Waals surface area contributed by atoms with Crippen LogP contribution in [-0.2, 0) is 0 Å². The zero-order chi connectivity index (χ0) is 61.3. The van der Waals surface area contributed by atoms with Crippen molar-refractivity contribution < 1.29 is 8.78 Å². The third-order valence-electron chi connectivity index (χ3n) is 19.9. The number of para-hydroxylation sites is 8. The van der Waals surface area contributed by atoms with E-state index in [-0.39, 0.29) is 5.56 Å². The zero-order valence-electron chi connectivity index (χ0n) is 50.2. The molecular weight excluding hydrogens is 1140 g/mol. The molecule has 0 spiro atoms. The molecule has 6 aromatic heterocycles. The predicted octanol–water partition coefficient (Wildman–Crippen LogP) is 22.5. The quantitative estimate of drug-likeness (QED) is 0.152. The molecule has 0 aliphatic rings. The van der Waals surface area contributed by atoms with E-state index in [0.29, 0.717) is 11.3 Å². The van der Waals surface area contributed by atoms with E-state index < -0.39 is 11.6 Å². The van der Waals surface area contributed by atoms with Gasteiger partial charge in [0.15, 0.2) is 0 Å². The molecule has 20 rings (SSSR count). The van der Waals surface area contributed by atoms with Crippen molar-refractivity contribution >= 4 is 131 Å². The second-order valence-corrected chi connectivity index (χ2v) is 24.7. The summed E-state index contributed by atoms with van der Waals surface area (Å²) in [6.07, 6.45) is 0. The molecule has 20 aromatic rings. The largest absolute Gasteiger partial charge is 0.309 e. The van der Waals surface area contributed by atoms with Gasteiger partial charge < -0.3 is 27.4 Å². The van der Waals surface area contributed by atoms with Crippen LogP contribution in [0.5, 0.6) is 0 Å². The summed E-state index contributed by atoms with van der Waals surface area (Å²) in [6.45, 7) is 2.14. The Morgan fingerprint density at radius 1 is 0.215 bits per heavy atom. The molecule has 0 atom stereocenters. The van der Waals surface area contributed by atoms with E-state index >= 15 is 8.78 Å². The molecule has 0 amide bonds. The van der Waals surface area contributed by atoms with E-state index in [0.717, 1.165) is 143 Å². The Kier molecular flexibility index (Phi) is 10.8. The third-order valence-corrected chi connectivity index (χ3v) is 19.9. The summed E-state index contributed by atoms with van der Waals surface area (Å²) in [5, 5.41) is 13.4. The molecule has 0 bridgehead atoms. The van der Waals surface area contributed by atoms with Crippen LogP contribution in [0.3, 0.4) is 0 Å². The average molecular weight is 1200 g/mol. The molecular formula is C85H52F2N6. The SMILES string of the molecule is Cc1c(-n2c3cc(-n4c5ccccc5c5ccccc54)ccc3c3ccc(-n4c5ccccc5c5ccccc54)cc32)ccc(-c2c(F)cccc2F)c1-n1c2cc(-n3c4ccccc4c4ccccc43)ccc2c2ccc(-n3c4ccccc4c4ccccc43)cc21. The van der Waals surface area contributed by atoms with Crippen LogP contribution >= 0.6 is 0 Å². The van der Waals surface area contributed by atoms with E-state index in [1.54, 1.807) is 0 Å². The minimum atomic E-state index is -0.649. The third kappa shape index (κ3) is 7.20. The number of halogens is 2. The Morgan fingerprint density at radius 2 is 0.462 bits per heavy atom. The molecule has 0 unspecified atom stereocenters. The van der Waals surface area contributed by atoms with Crippen LogP contribution in [-0.4, -0.2) is 27.4 Å². The first-order valence-electron chi connectivity index (χ1n) is 31.6. The highest BCUT2D eigenvalue weighted by Crippen LogP contribution is 2.47. The lowest BCUT2D eigenvalue weighted by molar-refractivity contribution is 0.589. The van der Waals surface area contributed by atoms with Crippen molar-refractivity contribution in [2.75, 3.05) is 0 Å². The molecule has 0 fully saturated rings. The van der Waals surface area contributed by atoms with E-state index in [2.05, 4.69) is 307 Å². The first-order valence-corrected chi connectivity index (χ1v) is 31.6. The summed E-state index contributed by atoms with van der Waals surface area (Å²) in [5.74, 6) is -1.30. The highest BCUT2D eigenvalue weighted by molar-refractivity contribution is 6.17. The Bertz CT molecular complexity index is 6040. The molecule has 14 aromatic carbocycles. The summed E-state index contributed by atoms with van der Waals surface area (Å²) >= 11 is 0. The van der Waals surface area contributed by atoms with Crippen LogP contribution in [0.15, 0.2) is 297 Å². The van der Waals surface area contributed by atoms with Crippen molar-refractivity contribution in [3.8, 4) is 45.3 Å². The van der Waals surface area contributed by atoms with Gasteiger partial charge in [-0.05, 0) is 134 Å². The second kappa shape index (κ2) is 19.4. The van der Waals surface area contributed by atoms with Crippen LogP contribution in [0.2, 0.25) is 0 Å². The fourth-order valence-electron chi connectivity index (χ4n) is 16.0. The van der Waals surface area contributed by atoms with Gasteiger partial charge in [-0.3, -0.25) is 0 Å². The fourth-order valence-corrected chi connectivity index (χ4v) is 16.0. The molecule has 0 saturated carbocycles. The molecule has 436 valence electrons. The maximum Gasteiger partial charge on any atom is 0.134 e. The standard InChI is InChI=1S/C85H52F2N6/c1-51-71(92-80-47-52(88-72-29-10-2-19-56(72)57-20-3-11-30-73(57)88)37-41-64(80)65-42-38-53(48-81(65)92)89-74-31-12-4-21-58(74)59-22-5-13-32-75(59)89)46-45-68(84-69(86)27-18-28-70(84)87)85(51)93-82-49-54(90-76-33-14-6-23-60(76)61-24-7-15-34-77(61)90)39-43-66(82)67-44-40-55(50-83(67)93)91-78-35-16-8-25-62(78)63-26-9-17-36-79(63)91/h2-50H,1H3. The number of benzene rings is 14. The lowest BCUT2D eigenvalue weighted by atomic mass is 9.97. The highest BCUT2D eigenvalue weighted by atomic mass is 19.1. The van der Waals surface area contributed by atoms with Crippen molar-refractivity contribution in [3.05, 3.63) is 314 Å². The van der Waals surface area contributed by atoms with Gasteiger partial charge in [-0.25, -0.2) is 8.78 Å². The molecule has 8 heteroatoms. The first kappa shape index (κ1) is 51.6. The van der Waals surface area contributed by atoms with Gasteiger partial charge in [0.25, 0.3) is 0 Å². The van der Waals surface area contributed by atoms with Crippen molar-refractivity contribution in [2.24, 2.45) is 0 Å². The van der Waals surface area contributed by atoms with Crippen molar-refractivity contribution in [1.29, 1.82) is 0 Å². The Morgan fingerprint density at radius 3 is 0.742 bits per heavy atom. The van der Waals surface area contributed by atoms with Gasteiger partial charge in [0.2, 0.25) is 0 Å². The minimum absolute atomic E-state index is 0.0984. The summed E-state index contributed by atoms with van der Waals surface area (Å²) < 4.78 is 48.8. The normalized spacial score (nSPS) is 12.2. The van der Waals surface area contributed by atoms with Crippen LogP contribution in [0.4, 0.5) is 8.78 Å². The number of rotatable bonds is 7. The van der Waals surface area contributed by atoms with Gasteiger partial charge in [0.1, 0.15) is 11.6 Å². The molecule has 0 aliphatic heterocycles. The summed E-state index contributed by atoms with van der Waals surface area (Å²) in [7, 11) is 0. The monoisotopic (exact) mass is 1190 g/mol. The molecule has 93 heavy (non-hydrogen) atoms. The number of hydrogen-bond donors (Lipinski definition) is 0. The van der Waals surface area contributed by atoms with Crippen molar-refractivity contribution in [2.45, 2.75) is 6.92 Å². The minimum Gasteiger partial charge on any atom is -0.309 e. The van der Waals surface area contributed by atoms with Gasteiger partial charge in [-0.15, -0.1) is 0 Å². The van der Waals surface area contributed by atoms with Crippen LogP contribution < -0.4 is 0 Å². The van der Waals surface area contributed by atoms with E-state index in [9.17, 15) is 0 Å². The fraction of sp³-hybridized carbons (Fsp3) is 0.0118. The van der Waals surface area contributed by atoms with Gasteiger partial charge >= 0.3 is 0 Å². The van der Waals surface area contributed by atoms with Crippen molar-refractivity contribution in [3.63, 3.8) is 0 Å². The molecule has 0 radical (unpaired) electrons. The highest BCUT2D eigenvalue weighted by Gasteiger charge is 2.28. The summed E-state index contributed by atoms with van der Waals surface area (Å²) in [4.78, 5) is 0. The van der Waals surface area contributed by atoms with Gasteiger partial charge in [0.05, 0.1) is 83.1 Å². The summed E-state index contributed by atoms with van der Waals surface area (Å²) in [5.41, 5.74) is 19.0. The van der Waals surface area contributed by atoms with Gasteiger partial charge in [-0.2, -0.15) is 0 Å². The molecule has 6 heterocycles. The second-order valence-electron chi connectivity index (χ2n) is 24.7. The lowest BCUT2D eigenvalue weighted by Gasteiger charge is -2.22. The Hall–Kier alpha value is -12.3. The maximum atomic E-state index is 17.3. The maximum absolute atomic E-state index is 17.3. The van der Waals surface area contributed by atoms with Gasteiger partial charge in [-0.1, -0.05) is 176 Å². The van der Waals surface area contributed by atoms with Crippen LogP contribution in [0.1, 0.15) is 5.56 Å². The average Bonchev–Trinajstić information content (AvgIpc) is 1.59. The van der Waals surface area contributed by atoms with E-state index in [1.165, 1.54) is 39.7 Å². The Labute approximate surface area is 530 Å². The number of aromatic nitrogens is 6. The number of nitrogens with zero attached hydrogens (tertiary/aromatic N) is 6.